The number of rotatable bonds is 1. The van der Waals surface area contributed by atoms with E-state index < -0.39 is 10.0 Å². The van der Waals surface area contributed by atoms with Crippen LogP contribution in [0.3, 0.4) is 0 Å². The lowest BCUT2D eigenvalue weighted by Gasteiger charge is -2.29. The van der Waals surface area contributed by atoms with E-state index in [4.69, 9.17) is 5.26 Å². The van der Waals surface area contributed by atoms with Crippen LogP contribution in [0.15, 0.2) is 0 Å². The summed E-state index contributed by atoms with van der Waals surface area (Å²) in [6, 6.07) is 0. The zero-order chi connectivity index (χ0) is 9.19. The topological polar surface area (TPSA) is 64.4 Å². The summed E-state index contributed by atoms with van der Waals surface area (Å²) in [6.07, 6.45) is 3.18. The third-order valence-electron chi connectivity index (χ3n) is 1.85. The maximum absolute atomic E-state index is 11.0. The lowest BCUT2D eigenvalue weighted by molar-refractivity contribution is 0.254. The molecule has 6 heteroatoms. The van der Waals surface area contributed by atoms with Crippen molar-refractivity contribution in [3.8, 4) is 6.19 Å². The quantitative estimate of drug-likeness (QED) is 0.499. The first-order valence-corrected chi connectivity index (χ1v) is 5.48. The monoisotopic (exact) mass is 189 g/mol. The molecule has 5 nitrogen and oxygen atoms in total. The third-order valence-corrected chi connectivity index (χ3v) is 3.15. The van der Waals surface area contributed by atoms with E-state index in [0.717, 1.165) is 0 Å². The second kappa shape index (κ2) is 3.29. The Hall–Kier alpha value is -0.800. The lowest BCUT2D eigenvalue weighted by atomic mass is 10.4. The first-order valence-electron chi connectivity index (χ1n) is 3.64. The molecule has 0 spiro atoms. The van der Waals surface area contributed by atoms with E-state index in [2.05, 4.69) is 0 Å². The number of hydrogen-bond donors (Lipinski definition) is 0. The van der Waals surface area contributed by atoms with Crippen LogP contribution in [0.25, 0.3) is 0 Å². The zero-order valence-corrected chi connectivity index (χ0v) is 7.71. The predicted molar refractivity (Wildman–Crippen MR) is 43.6 cm³/mol. The molecule has 1 aliphatic heterocycles. The van der Waals surface area contributed by atoms with Gasteiger partial charge in [-0.2, -0.15) is 9.57 Å². The molecule has 0 saturated carbocycles. The molecule has 0 atom stereocenters. The standard InChI is InChI=1S/C6H11N3O2S/c1-12(10,11)9-4-2-8(6-7)3-5-9/h2-5H2,1H3. The van der Waals surface area contributed by atoms with Gasteiger partial charge in [-0.1, -0.05) is 0 Å². The van der Waals surface area contributed by atoms with Crippen LogP contribution in [0, 0.1) is 11.5 Å². The van der Waals surface area contributed by atoms with Gasteiger partial charge in [-0.15, -0.1) is 0 Å². The Morgan fingerprint density at radius 3 is 2.08 bits per heavy atom. The molecule has 1 rings (SSSR count). The average Bonchev–Trinajstić information content (AvgIpc) is 2.03. The number of sulfonamides is 1. The van der Waals surface area contributed by atoms with E-state index >= 15 is 0 Å². The first kappa shape index (κ1) is 9.29. The van der Waals surface area contributed by atoms with Gasteiger partial charge >= 0.3 is 0 Å². The minimum atomic E-state index is -3.06. The number of hydrogen-bond acceptors (Lipinski definition) is 4. The molecule has 0 aromatic rings. The van der Waals surface area contributed by atoms with Gasteiger partial charge in [0, 0.05) is 26.2 Å². The van der Waals surface area contributed by atoms with E-state index in [1.807, 2.05) is 6.19 Å². The minimum absolute atomic E-state index is 0.423. The van der Waals surface area contributed by atoms with Gasteiger partial charge in [-0.05, 0) is 0 Å². The highest BCUT2D eigenvalue weighted by molar-refractivity contribution is 7.88. The maximum atomic E-state index is 11.0. The van der Waals surface area contributed by atoms with Gasteiger partial charge in [0.15, 0.2) is 6.19 Å². The molecule has 0 aromatic heterocycles. The van der Waals surface area contributed by atoms with Crippen molar-refractivity contribution in [1.29, 1.82) is 5.26 Å². The van der Waals surface area contributed by atoms with E-state index in [9.17, 15) is 8.42 Å². The van der Waals surface area contributed by atoms with Crippen LogP contribution in [0.1, 0.15) is 0 Å². The first-order chi connectivity index (χ1) is 5.54. The molecule has 12 heavy (non-hydrogen) atoms. The molecule has 0 N–H and O–H groups in total. The van der Waals surface area contributed by atoms with E-state index in [0.29, 0.717) is 26.2 Å². The second-order valence-electron chi connectivity index (χ2n) is 2.75. The fourth-order valence-electron chi connectivity index (χ4n) is 1.12. The summed E-state index contributed by atoms with van der Waals surface area (Å²) in [5, 5.41) is 8.49. The minimum Gasteiger partial charge on any atom is -0.308 e. The van der Waals surface area contributed by atoms with Gasteiger partial charge in [0.1, 0.15) is 0 Å². The maximum Gasteiger partial charge on any atom is 0.211 e. The average molecular weight is 189 g/mol. The van der Waals surface area contributed by atoms with Gasteiger partial charge in [-0.25, -0.2) is 8.42 Å². The molecule has 1 fully saturated rings. The highest BCUT2D eigenvalue weighted by Gasteiger charge is 2.22. The van der Waals surface area contributed by atoms with Gasteiger partial charge < -0.3 is 4.90 Å². The largest absolute Gasteiger partial charge is 0.308 e. The van der Waals surface area contributed by atoms with Crippen molar-refractivity contribution in [2.24, 2.45) is 0 Å². The van der Waals surface area contributed by atoms with Crippen molar-refractivity contribution in [3.63, 3.8) is 0 Å². The summed E-state index contributed by atoms with van der Waals surface area (Å²) in [4.78, 5) is 1.56. The summed E-state index contributed by atoms with van der Waals surface area (Å²) in [6.45, 7) is 1.85. The van der Waals surface area contributed by atoms with Gasteiger partial charge in [0.2, 0.25) is 10.0 Å². The zero-order valence-electron chi connectivity index (χ0n) is 6.89. The summed E-state index contributed by atoms with van der Waals surface area (Å²) in [5.74, 6) is 0. The number of piperazine rings is 1. The van der Waals surface area contributed by atoms with Crippen molar-refractivity contribution < 1.29 is 8.42 Å². The smallest absolute Gasteiger partial charge is 0.211 e. The Labute approximate surface area is 72.2 Å². The normalized spacial score (nSPS) is 20.5. The Morgan fingerprint density at radius 2 is 1.75 bits per heavy atom. The van der Waals surface area contributed by atoms with Crippen LogP contribution in [-0.2, 0) is 10.0 Å². The van der Waals surface area contributed by atoms with Crippen LogP contribution in [-0.4, -0.2) is 50.1 Å². The van der Waals surface area contributed by atoms with Crippen molar-refractivity contribution in [2.45, 2.75) is 0 Å². The summed E-state index contributed by atoms with van der Waals surface area (Å²) in [5.41, 5.74) is 0. The molecular formula is C6H11N3O2S. The van der Waals surface area contributed by atoms with Gasteiger partial charge in [-0.3, -0.25) is 0 Å². The number of nitrogens with zero attached hydrogens (tertiary/aromatic N) is 3. The summed E-state index contributed by atoms with van der Waals surface area (Å²) >= 11 is 0. The molecule has 0 aliphatic carbocycles. The summed E-state index contributed by atoms with van der Waals surface area (Å²) < 4.78 is 23.4. The molecule has 68 valence electrons. The molecular weight excluding hydrogens is 178 g/mol. The second-order valence-corrected chi connectivity index (χ2v) is 4.73. The highest BCUT2D eigenvalue weighted by atomic mass is 32.2. The molecule has 0 aromatic carbocycles. The Kier molecular flexibility index (Phi) is 2.55. The van der Waals surface area contributed by atoms with Crippen molar-refractivity contribution in [2.75, 3.05) is 32.4 Å². The third kappa shape index (κ3) is 2.09. The highest BCUT2D eigenvalue weighted by Crippen LogP contribution is 2.04. The fourth-order valence-corrected chi connectivity index (χ4v) is 1.95. The Bertz CT molecular complexity index is 284. The van der Waals surface area contributed by atoms with Crippen molar-refractivity contribution in [1.82, 2.24) is 9.21 Å². The van der Waals surface area contributed by atoms with E-state index in [-0.39, 0.29) is 0 Å². The predicted octanol–water partition coefficient (Wildman–Crippen LogP) is -0.955. The van der Waals surface area contributed by atoms with Crippen LogP contribution < -0.4 is 0 Å². The van der Waals surface area contributed by atoms with E-state index in [1.165, 1.54) is 10.6 Å². The molecule has 0 unspecified atom stereocenters. The number of nitriles is 1. The van der Waals surface area contributed by atoms with Crippen LogP contribution in [0.4, 0.5) is 0 Å². The summed E-state index contributed by atoms with van der Waals surface area (Å²) in [7, 11) is -3.06. The molecule has 0 radical (unpaired) electrons. The molecule has 1 heterocycles. The SMILES string of the molecule is CS(=O)(=O)N1CCN(C#N)CC1. The van der Waals surface area contributed by atoms with Crippen molar-refractivity contribution >= 4 is 10.0 Å². The van der Waals surface area contributed by atoms with Crippen LogP contribution >= 0.6 is 0 Å². The van der Waals surface area contributed by atoms with Crippen LogP contribution in [0.2, 0.25) is 0 Å². The fraction of sp³-hybridized carbons (Fsp3) is 0.833. The Balaban J connectivity index is 2.54. The van der Waals surface area contributed by atoms with Crippen molar-refractivity contribution in [3.05, 3.63) is 0 Å². The molecule has 1 saturated heterocycles. The van der Waals surface area contributed by atoms with E-state index in [1.54, 1.807) is 4.90 Å². The molecule has 0 amide bonds. The van der Waals surface area contributed by atoms with Gasteiger partial charge in [0.05, 0.1) is 6.26 Å². The van der Waals surface area contributed by atoms with Crippen LogP contribution in [0.5, 0.6) is 0 Å². The molecule has 0 bridgehead atoms. The molecule has 1 aliphatic rings. The van der Waals surface area contributed by atoms with Gasteiger partial charge in [0.25, 0.3) is 0 Å². The Morgan fingerprint density at radius 1 is 1.25 bits per heavy atom. The lowest BCUT2D eigenvalue weighted by Crippen LogP contribution is -2.46.